The van der Waals surface area contributed by atoms with Crippen LogP contribution in [-0.2, 0) is 5.75 Å². The number of allylic oxidation sites excluding steroid dienone is 2. The zero-order valence-electron chi connectivity index (χ0n) is 11.2. The summed E-state index contributed by atoms with van der Waals surface area (Å²) >= 11 is 1.70. The van der Waals surface area contributed by atoms with Crippen molar-refractivity contribution >= 4 is 32.4 Å². The highest BCUT2D eigenvalue weighted by Crippen LogP contribution is 2.38. The molecular formula is C17H13N2S2. The van der Waals surface area contributed by atoms with E-state index in [-0.39, 0.29) is 10.9 Å². The molecule has 0 unspecified atom stereocenters. The Balaban J connectivity index is 1.68. The number of rotatable bonds is 3. The van der Waals surface area contributed by atoms with E-state index in [9.17, 15) is 0 Å². The summed E-state index contributed by atoms with van der Waals surface area (Å²) < 4.78 is 1.02. The van der Waals surface area contributed by atoms with Gasteiger partial charge in [-0.05, 0) is 34.1 Å². The third-order valence-electron chi connectivity index (χ3n) is 3.38. The van der Waals surface area contributed by atoms with Gasteiger partial charge >= 0.3 is 0 Å². The van der Waals surface area contributed by atoms with Crippen molar-refractivity contribution in [1.82, 2.24) is 9.97 Å². The monoisotopic (exact) mass is 309 g/mol. The molecule has 1 aliphatic rings. The quantitative estimate of drug-likeness (QED) is 0.710. The lowest BCUT2D eigenvalue weighted by Gasteiger charge is -2.10. The maximum atomic E-state index is 4.29. The molecule has 2 nitrogen and oxygen atoms in total. The molecule has 21 heavy (non-hydrogen) atoms. The highest BCUT2D eigenvalue weighted by Gasteiger charge is 2.07. The molecule has 4 rings (SSSR count). The van der Waals surface area contributed by atoms with E-state index in [2.05, 4.69) is 69.5 Å². The number of hydrogen-bond acceptors (Lipinski definition) is 3. The first kappa shape index (κ1) is 12.8. The van der Waals surface area contributed by atoms with E-state index in [1.165, 1.54) is 16.0 Å². The smallest absolute Gasteiger partial charge is 0.116 e. The van der Waals surface area contributed by atoms with Crippen LogP contribution < -0.4 is 0 Å². The normalized spacial score (nSPS) is 15.1. The van der Waals surface area contributed by atoms with Crippen molar-refractivity contribution in [1.29, 1.82) is 0 Å². The van der Waals surface area contributed by atoms with Gasteiger partial charge in [0, 0.05) is 10.6 Å². The maximum Gasteiger partial charge on any atom is 0.116 e. The second-order valence-corrected chi connectivity index (χ2v) is 7.86. The van der Waals surface area contributed by atoms with Crippen LogP contribution in [0.5, 0.6) is 0 Å². The molecule has 2 aromatic heterocycles. The topological polar surface area (TPSA) is 25.8 Å². The summed E-state index contributed by atoms with van der Waals surface area (Å²) in [5.74, 6) is 1.12. The molecule has 1 radical (unpaired) electrons. The first-order chi connectivity index (χ1) is 10.4. The van der Waals surface area contributed by atoms with Gasteiger partial charge in [-0.2, -0.15) is 0 Å². The van der Waals surface area contributed by atoms with Crippen molar-refractivity contribution in [2.24, 2.45) is 0 Å². The molecule has 0 N–H and O–H groups in total. The van der Waals surface area contributed by atoms with Gasteiger partial charge in [0.2, 0.25) is 0 Å². The van der Waals surface area contributed by atoms with Crippen LogP contribution in [0.15, 0.2) is 59.6 Å². The molecule has 0 atom stereocenters. The molecule has 1 aromatic carbocycles. The summed E-state index contributed by atoms with van der Waals surface area (Å²) in [6.07, 6.45) is 8.86. The minimum Gasteiger partial charge on any atom is -0.235 e. The Morgan fingerprint density at radius 1 is 1.14 bits per heavy atom. The van der Waals surface area contributed by atoms with Gasteiger partial charge in [-0.3, -0.25) is 0 Å². The minimum absolute atomic E-state index is 0.108. The van der Waals surface area contributed by atoms with Crippen molar-refractivity contribution in [2.75, 3.05) is 0 Å². The van der Waals surface area contributed by atoms with Crippen LogP contribution in [0.3, 0.4) is 0 Å². The van der Waals surface area contributed by atoms with Crippen LogP contribution in [0.1, 0.15) is 5.56 Å². The third kappa shape index (κ3) is 2.64. The van der Waals surface area contributed by atoms with E-state index >= 15 is 0 Å². The van der Waals surface area contributed by atoms with E-state index in [4.69, 9.17) is 0 Å². The maximum absolute atomic E-state index is 4.29. The lowest BCUT2D eigenvalue weighted by atomic mass is 10.1. The van der Waals surface area contributed by atoms with Crippen molar-refractivity contribution in [2.45, 2.75) is 5.75 Å². The van der Waals surface area contributed by atoms with Gasteiger partial charge in [-0.25, -0.2) is 20.9 Å². The molecule has 0 spiro atoms. The third-order valence-corrected chi connectivity index (χ3v) is 6.29. The van der Waals surface area contributed by atoms with Gasteiger partial charge in [-0.1, -0.05) is 30.4 Å². The number of benzene rings is 1. The van der Waals surface area contributed by atoms with Gasteiger partial charge in [0.05, 0.1) is 10.2 Å². The molecule has 3 aromatic rings. The second kappa shape index (κ2) is 5.47. The molecule has 0 amide bonds. The predicted molar refractivity (Wildman–Crippen MR) is 92.7 cm³/mol. The summed E-state index contributed by atoms with van der Waals surface area (Å²) in [6.45, 7) is 0. The average Bonchev–Trinajstić information content (AvgIpc) is 3.16. The number of fused-ring (bicyclic) bond motifs is 1. The average molecular weight is 309 g/mol. The highest BCUT2D eigenvalue weighted by atomic mass is 32.2. The van der Waals surface area contributed by atoms with Gasteiger partial charge in [0.15, 0.2) is 0 Å². The van der Waals surface area contributed by atoms with Crippen molar-refractivity contribution in [3.8, 4) is 10.4 Å². The molecule has 4 heteroatoms. The number of thiophene rings is 1. The Labute approximate surface area is 130 Å². The number of thiol groups is 1. The van der Waals surface area contributed by atoms with Gasteiger partial charge in [0.1, 0.15) is 12.5 Å². The molecule has 0 aliphatic carbocycles. The van der Waals surface area contributed by atoms with Gasteiger partial charge in [0.25, 0.3) is 0 Å². The SMILES string of the molecule is [c]1ncnc2cc(-c3cccc(C[SH]4C=CC=C4)c3)sc12. The second-order valence-electron chi connectivity index (χ2n) is 4.87. The van der Waals surface area contributed by atoms with E-state index < -0.39 is 0 Å². The van der Waals surface area contributed by atoms with E-state index in [0.717, 1.165) is 16.0 Å². The number of hydrogen-bond donors (Lipinski definition) is 1. The molecule has 3 heterocycles. The molecule has 0 fully saturated rings. The largest absolute Gasteiger partial charge is 0.235 e. The fourth-order valence-electron chi connectivity index (χ4n) is 2.39. The molecule has 0 bridgehead atoms. The Morgan fingerprint density at radius 3 is 2.90 bits per heavy atom. The lowest BCUT2D eigenvalue weighted by molar-refractivity contribution is 1.22. The fourth-order valence-corrected chi connectivity index (χ4v) is 4.91. The van der Waals surface area contributed by atoms with Gasteiger partial charge in [-0.15, -0.1) is 11.3 Å². The van der Waals surface area contributed by atoms with Crippen LogP contribution in [-0.4, -0.2) is 9.97 Å². The zero-order valence-corrected chi connectivity index (χ0v) is 12.9. The van der Waals surface area contributed by atoms with E-state index in [1.54, 1.807) is 17.7 Å². The van der Waals surface area contributed by atoms with E-state index in [0.29, 0.717) is 0 Å². The Hall–Kier alpha value is -1.91. The molecule has 103 valence electrons. The van der Waals surface area contributed by atoms with Crippen molar-refractivity contribution in [3.63, 3.8) is 0 Å². The first-order valence-electron chi connectivity index (χ1n) is 6.71. The van der Waals surface area contributed by atoms with Crippen LogP contribution in [0.4, 0.5) is 0 Å². The minimum atomic E-state index is -0.108. The summed E-state index contributed by atoms with van der Waals surface area (Å²) in [5, 5.41) is 4.62. The Kier molecular flexibility index (Phi) is 3.33. The van der Waals surface area contributed by atoms with Crippen molar-refractivity contribution in [3.05, 3.63) is 71.4 Å². The summed E-state index contributed by atoms with van der Waals surface area (Å²) in [5.41, 5.74) is 3.62. The first-order valence-corrected chi connectivity index (χ1v) is 9.19. The van der Waals surface area contributed by atoms with E-state index in [1.807, 2.05) is 0 Å². The van der Waals surface area contributed by atoms with Crippen LogP contribution in [0.25, 0.3) is 20.7 Å². The van der Waals surface area contributed by atoms with Crippen LogP contribution in [0.2, 0.25) is 0 Å². The Morgan fingerprint density at radius 2 is 2.05 bits per heavy atom. The molecule has 0 saturated carbocycles. The predicted octanol–water partition coefficient (Wildman–Crippen LogP) is 4.70. The zero-order chi connectivity index (χ0) is 14.1. The van der Waals surface area contributed by atoms with Crippen LogP contribution in [0, 0.1) is 6.20 Å². The Bertz CT molecular complexity index is 804. The van der Waals surface area contributed by atoms with Crippen LogP contribution >= 0.6 is 22.2 Å². The number of nitrogens with zero attached hydrogens (tertiary/aromatic N) is 2. The summed E-state index contributed by atoms with van der Waals surface area (Å²) in [7, 11) is -0.108. The fraction of sp³-hybridized carbons (Fsp3) is 0.0588. The number of aromatic nitrogens is 2. The molecule has 1 aliphatic heterocycles. The molecular weight excluding hydrogens is 296 g/mol. The lowest BCUT2D eigenvalue weighted by Crippen LogP contribution is -1.83. The molecule has 0 saturated heterocycles. The van der Waals surface area contributed by atoms with Gasteiger partial charge < -0.3 is 0 Å². The standard InChI is InChI=1S/C17H13N2S2/c1-2-7-21(6-1)11-13-4-3-5-14(8-13)16-9-15-17(20-16)10-18-12-19-15/h1-9,12,21H,11H2. The summed E-state index contributed by atoms with van der Waals surface area (Å²) in [6, 6.07) is 10.9. The highest BCUT2D eigenvalue weighted by molar-refractivity contribution is 8.21. The summed E-state index contributed by atoms with van der Waals surface area (Å²) in [4.78, 5) is 9.48. The van der Waals surface area contributed by atoms with Crippen molar-refractivity contribution < 1.29 is 0 Å².